The first-order valence-corrected chi connectivity index (χ1v) is 11.0. The van der Waals surface area contributed by atoms with Gasteiger partial charge in [-0.2, -0.15) is 0 Å². The number of allylic oxidation sites excluding steroid dienone is 2. The molecule has 0 amide bonds. The van der Waals surface area contributed by atoms with Gasteiger partial charge in [-0.25, -0.2) is 0 Å². The van der Waals surface area contributed by atoms with Gasteiger partial charge in [0.2, 0.25) is 0 Å². The third-order valence-electron chi connectivity index (χ3n) is 5.14. The highest BCUT2D eigenvalue weighted by Gasteiger charge is 2.46. The molecule has 2 bridgehead atoms. The third kappa shape index (κ3) is 7.09. The number of carbonyl (C=O) groups excluding carboxylic acids is 1. The van der Waals surface area contributed by atoms with Gasteiger partial charge in [-0.05, 0) is 32.1 Å². The molecule has 148 valence electrons. The van der Waals surface area contributed by atoms with Crippen LogP contribution in [0, 0.1) is 5.92 Å². The molecule has 0 spiro atoms. The monoisotopic (exact) mass is 382 g/mol. The quantitative estimate of drug-likeness (QED) is 0.303. The van der Waals surface area contributed by atoms with Crippen LogP contribution in [0.5, 0.6) is 0 Å². The van der Waals surface area contributed by atoms with E-state index in [2.05, 4.69) is 29.9 Å². The van der Waals surface area contributed by atoms with Crippen molar-refractivity contribution in [1.29, 1.82) is 0 Å². The normalized spacial score (nSPS) is 29.0. The maximum atomic E-state index is 11.1. The van der Waals surface area contributed by atoms with Crippen molar-refractivity contribution in [1.82, 2.24) is 0 Å². The molecule has 0 saturated carbocycles. The van der Waals surface area contributed by atoms with Crippen LogP contribution in [0.25, 0.3) is 0 Å². The van der Waals surface area contributed by atoms with E-state index < -0.39 is 0 Å². The number of thioether (sulfide) groups is 1. The highest BCUT2D eigenvalue weighted by Crippen LogP contribution is 2.50. The van der Waals surface area contributed by atoms with E-state index in [0.29, 0.717) is 23.0 Å². The average Bonchev–Trinajstić information content (AvgIpc) is 2.62. The molecule has 3 aliphatic rings. The van der Waals surface area contributed by atoms with Gasteiger partial charge in [0, 0.05) is 17.6 Å². The van der Waals surface area contributed by atoms with Gasteiger partial charge >= 0.3 is 5.97 Å². The van der Waals surface area contributed by atoms with E-state index in [1.54, 1.807) is 0 Å². The van der Waals surface area contributed by atoms with Crippen LogP contribution >= 0.6 is 11.8 Å². The van der Waals surface area contributed by atoms with Gasteiger partial charge in [0.15, 0.2) is 0 Å². The van der Waals surface area contributed by atoms with Crippen LogP contribution in [-0.2, 0) is 14.3 Å². The van der Waals surface area contributed by atoms with Crippen LogP contribution in [0.1, 0.15) is 64.7 Å². The van der Waals surface area contributed by atoms with Gasteiger partial charge in [0.1, 0.15) is 5.44 Å². The maximum Gasteiger partial charge on any atom is 0.305 e. The first kappa shape index (κ1) is 21.5. The SMILES string of the molecule is CCCCC[C@H](O)/C=C/C1O[C@H]2CC(S2)[C@@H]1C/C=C\CCCC(=O)OC. The summed E-state index contributed by atoms with van der Waals surface area (Å²) in [5.74, 6) is 0.333. The summed E-state index contributed by atoms with van der Waals surface area (Å²) in [4.78, 5) is 11.1. The zero-order valence-electron chi connectivity index (χ0n) is 16.1. The highest BCUT2D eigenvalue weighted by atomic mass is 32.2. The minimum atomic E-state index is -0.356. The number of rotatable bonds is 12. The fourth-order valence-corrected chi connectivity index (χ4v) is 4.77. The second-order valence-electron chi connectivity index (χ2n) is 7.23. The van der Waals surface area contributed by atoms with Gasteiger partial charge in [0.25, 0.3) is 0 Å². The van der Waals surface area contributed by atoms with Crippen LogP contribution in [0.3, 0.4) is 0 Å². The number of hydrogen-bond acceptors (Lipinski definition) is 5. The first-order chi connectivity index (χ1) is 12.6. The van der Waals surface area contributed by atoms with E-state index in [4.69, 9.17) is 4.74 Å². The van der Waals surface area contributed by atoms with Gasteiger partial charge in [0.05, 0.1) is 19.3 Å². The van der Waals surface area contributed by atoms with Crippen LogP contribution in [0.4, 0.5) is 0 Å². The van der Waals surface area contributed by atoms with Crippen molar-refractivity contribution < 1.29 is 19.4 Å². The Morgan fingerprint density at radius 1 is 1.35 bits per heavy atom. The molecule has 26 heavy (non-hydrogen) atoms. The van der Waals surface area contributed by atoms with E-state index in [-0.39, 0.29) is 18.2 Å². The van der Waals surface area contributed by atoms with E-state index in [9.17, 15) is 9.90 Å². The van der Waals surface area contributed by atoms with Crippen molar-refractivity contribution in [2.24, 2.45) is 5.92 Å². The number of methoxy groups -OCH3 is 1. The number of fused-ring (bicyclic) bond motifs is 2. The first-order valence-electron chi connectivity index (χ1n) is 10.0. The standard InChI is InChI=1S/C21H34O4S/c1-3-4-7-10-16(22)13-14-18-17(19-15-21(25-18)26-19)11-8-5-6-9-12-20(23)24-2/h5,8,13-14,16-19,21-22H,3-4,6-7,9-12,15H2,1-2H3/b8-5-,14-13+/t16-,17+,18?,19?,21+/m0/s1. The summed E-state index contributed by atoms with van der Waals surface area (Å²) < 4.78 is 10.8. The molecule has 0 radical (unpaired) electrons. The molecule has 3 heterocycles. The van der Waals surface area contributed by atoms with E-state index in [1.807, 2.05) is 17.8 Å². The summed E-state index contributed by atoms with van der Waals surface area (Å²) in [5.41, 5.74) is 0.340. The highest BCUT2D eigenvalue weighted by molar-refractivity contribution is 8.01. The van der Waals surface area contributed by atoms with Crippen molar-refractivity contribution in [2.45, 2.75) is 87.6 Å². The lowest BCUT2D eigenvalue weighted by Crippen LogP contribution is -2.49. The molecular weight excluding hydrogens is 348 g/mol. The second-order valence-corrected chi connectivity index (χ2v) is 8.63. The summed E-state index contributed by atoms with van der Waals surface area (Å²) in [5, 5.41) is 10.8. The maximum absolute atomic E-state index is 11.1. The molecule has 1 N–H and O–H groups in total. The average molecular weight is 383 g/mol. The number of hydrogen-bond donors (Lipinski definition) is 1. The molecule has 3 aliphatic heterocycles. The number of aliphatic hydroxyl groups excluding tert-OH is 1. The van der Waals surface area contributed by atoms with Crippen molar-refractivity contribution in [3.8, 4) is 0 Å². The number of esters is 1. The van der Waals surface area contributed by atoms with Crippen LogP contribution in [-0.4, -0.2) is 41.1 Å². The molecule has 3 rings (SSSR count). The summed E-state index contributed by atoms with van der Waals surface area (Å²) in [6.45, 7) is 2.18. The zero-order chi connectivity index (χ0) is 18.8. The molecule has 0 aromatic heterocycles. The molecule has 5 heteroatoms. The molecule has 0 aromatic rings. The predicted molar refractivity (Wildman–Crippen MR) is 107 cm³/mol. The number of ether oxygens (including phenoxy) is 2. The smallest absolute Gasteiger partial charge is 0.305 e. The van der Waals surface area contributed by atoms with Crippen molar-refractivity contribution in [2.75, 3.05) is 7.11 Å². The number of aliphatic hydroxyl groups is 1. The number of unbranched alkanes of at least 4 members (excludes halogenated alkanes) is 3. The van der Waals surface area contributed by atoms with Crippen LogP contribution in [0.2, 0.25) is 0 Å². The summed E-state index contributed by atoms with van der Waals surface area (Å²) in [6, 6.07) is 0. The van der Waals surface area contributed by atoms with Gasteiger partial charge < -0.3 is 14.6 Å². The minimum Gasteiger partial charge on any atom is -0.469 e. The molecule has 0 aromatic carbocycles. The minimum absolute atomic E-state index is 0.112. The summed E-state index contributed by atoms with van der Waals surface area (Å²) >= 11 is 1.94. The van der Waals surface area contributed by atoms with E-state index in [0.717, 1.165) is 38.5 Å². The Morgan fingerprint density at radius 3 is 2.88 bits per heavy atom. The Balaban J connectivity index is 1.74. The van der Waals surface area contributed by atoms with Crippen molar-refractivity contribution in [3.63, 3.8) is 0 Å². The molecule has 0 aliphatic carbocycles. The molecule has 3 fully saturated rings. The topological polar surface area (TPSA) is 55.8 Å². The molecule has 2 unspecified atom stereocenters. The molecular formula is C21H34O4S. The van der Waals surface area contributed by atoms with Gasteiger partial charge in [-0.3, -0.25) is 4.79 Å². The second kappa shape index (κ2) is 11.8. The Kier molecular flexibility index (Phi) is 9.79. The van der Waals surface area contributed by atoms with Crippen LogP contribution in [0.15, 0.2) is 24.3 Å². The predicted octanol–water partition coefficient (Wildman–Crippen LogP) is 4.62. The summed E-state index contributed by atoms with van der Waals surface area (Å²) in [6.07, 6.45) is 16.8. The Hall–Kier alpha value is -0.780. The lowest BCUT2D eigenvalue weighted by atomic mass is 9.88. The summed E-state index contributed by atoms with van der Waals surface area (Å²) in [7, 11) is 1.43. The zero-order valence-corrected chi connectivity index (χ0v) is 17.0. The van der Waals surface area contributed by atoms with Gasteiger partial charge in [-0.15, -0.1) is 11.8 Å². The van der Waals surface area contributed by atoms with E-state index in [1.165, 1.54) is 20.0 Å². The fraction of sp³-hybridized carbons (Fsp3) is 0.762. The fourth-order valence-electron chi connectivity index (χ4n) is 3.47. The third-order valence-corrected chi connectivity index (χ3v) is 6.64. The Labute approximate surface area is 162 Å². The molecule has 3 saturated heterocycles. The van der Waals surface area contributed by atoms with Crippen LogP contribution < -0.4 is 0 Å². The molecule has 4 nitrogen and oxygen atoms in total. The Morgan fingerprint density at radius 2 is 2.15 bits per heavy atom. The van der Waals surface area contributed by atoms with E-state index >= 15 is 0 Å². The largest absolute Gasteiger partial charge is 0.469 e. The van der Waals surface area contributed by atoms with Crippen molar-refractivity contribution >= 4 is 17.7 Å². The Bertz CT molecular complexity index is 471. The van der Waals surface area contributed by atoms with Gasteiger partial charge in [-0.1, -0.05) is 50.5 Å². The number of carbonyl (C=O) groups is 1. The molecule has 5 atom stereocenters. The van der Waals surface area contributed by atoms with Crippen molar-refractivity contribution in [3.05, 3.63) is 24.3 Å². The lowest BCUT2D eigenvalue weighted by molar-refractivity contribution is -0.140. The lowest BCUT2D eigenvalue weighted by Gasteiger charge is -2.49.